The number of aliphatic hydroxyl groups excluding tert-OH is 1. The van der Waals surface area contributed by atoms with Crippen molar-refractivity contribution < 1.29 is 14.3 Å². The highest BCUT2D eigenvalue weighted by atomic mass is 16.5. The number of furan rings is 1. The van der Waals surface area contributed by atoms with Crippen LogP contribution in [-0.2, 0) is 0 Å². The van der Waals surface area contributed by atoms with Gasteiger partial charge in [0.05, 0.1) is 7.11 Å². The number of hydrogen-bond donors (Lipinski definition) is 1. The van der Waals surface area contributed by atoms with Crippen LogP contribution in [0, 0.1) is 6.92 Å². The van der Waals surface area contributed by atoms with Gasteiger partial charge in [0, 0.05) is 0 Å². The van der Waals surface area contributed by atoms with E-state index in [2.05, 4.69) is 0 Å². The topological polar surface area (TPSA) is 42.6 Å². The SMILES string of the molecule is COc1ccc2cc([C@@H](O)c3ccc(C)o3)ccc2c1. The largest absolute Gasteiger partial charge is 0.497 e. The average molecular weight is 268 g/mol. The van der Waals surface area contributed by atoms with Gasteiger partial charge in [-0.2, -0.15) is 0 Å². The number of fused-ring (bicyclic) bond motifs is 1. The number of rotatable bonds is 3. The summed E-state index contributed by atoms with van der Waals surface area (Å²) in [6.45, 7) is 1.86. The summed E-state index contributed by atoms with van der Waals surface area (Å²) >= 11 is 0. The van der Waals surface area contributed by atoms with Gasteiger partial charge in [0.15, 0.2) is 0 Å². The van der Waals surface area contributed by atoms with Crippen LogP contribution in [0.25, 0.3) is 10.8 Å². The van der Waals surface area contributed by atoms with Crippen molar-refractivity contribution in [2.45, 2.75) is 13.0 Å². The summed E-state index contributed by atoms with van der Waals surface area (Å²) in [6.07, 6.45) is -0.741. The van der Waals surface area contributed by atoms with Gasteiger partial charge in [-0.1, -0.05) is 18.2 Å². The Labute approximate surface area is 117 Å². The summed E-state index contributed by atoms with van der Waals surface area (Å²) in [5.41, 5.74) is 0.817. The Hall–Kier alpha value is -2.26. The van der Waals surface area contributed by atoms with E-state index < -0.39 is 6.10 Å². The third-order valence-electron chi connectivity index (χ3n) is 3.42. The molecule has 1 N–H and O–H groups in total. The molecule has 3 rings (SSSR count). The molecule has 1 aromatic heterocycles. The molecule has 3 aromatic rings. The number of aryl methyl sites for hydroxylation is 1. The lowest BCUT2D eigenvalue weighted by molar-refractivity contribution is 0.188. The van der Waals surface area contributed by atoms with Crippen LogP contribution in [-0.4, -0.2) is 12.2 Å². The van der Waals surface area contributed by atoms with Gasteiger partial charge in [-0.25, -0.2) is 0 Å². The van der Waals surface area contributed by atoms with Gasteiger partial charge in [0.1, 0.15) is 23.4 Å². The highest BCUT2D eigenvalue weighted by Crippen LogP contribution is 2.28. The second kappa shape index (κ2) is 5.02. The maximum absolute atomic E-state index is 10.3. The Morgan fingerprint density at radius 2 is 1.75 bits per heavy atom. The highest BCUT2D eigenvalue weighted by molar-refractivity contribution is 5.84. The number of aliphatic hydroxyl groups is 1. The molecule has 0 radical (unpaired) electrons. The molecule has 2 aromatic carbocycles. The fraction of sp³-hybridized carbons (Fsp3) is 0.176. The standard InChI is InChI=1S/C17H16O3/c1-11-3-8-16(20-11)17(18)14-5-4-13-10-15(19-2)7-6-12(13)9-14/h3-10,17-18H,1-2H3/t17-/m1/s1. The lowest BCUT2D eigenvalue weighted by atomic mass is 10.0. The molecule has 20 heavy (non-hydrogen) atoms. The monoisotopic (exact) mass is 268 g/mol. The maximum atomic E-state index is 10.3. The Bertz CT molecular complexity index is 743. The van der Waals surface area contributed by atoms with E-state index in [0.717, 1.165) is 27.8 Å². The zero-order chi connectivity index (χ0) is 14.1. The first-order valence-corrected chi connectivity index (χ1v) is 6.49. The Kier molecular flexibility index (Phi) is 3.20. The zero-order valence-electron chi connectivity index (χ0n) is 11.5. The molecular weight excluding hydrogens is 252 g/mol. The van der Waals surface area contributed by atoms with Gasteiger partial charge in [0.2, 0.25) is 0 Å². The molecule has 0 aliphatic heterocycles. The normalized spacial score (nSPS) is 12.6. The van der Waals surface area contributed by atoms with Crippen molar-refractivity contribution in [1.29, 1.82) is 0 Å². The van der Waals surface area contributed by atoms with Crippen molar-refractivity contribution in [3.8, 4) is 5.75 Å². The van der Waals surface area contributed by atoms with E-state index in [1.807, 2.05) is 49.4 Å². The average Bonchev–Trinajstić information content (AvgIpc) is 2.92. The molecule has 0 saturated heterocycles. The lowest BCUT2D eigenvalue weighted by Crippen LogP contribution is -1.97. The quantitative estimate of drug-likeness (QED) is 0.785. The molecule has 0 unspecified atom stereocenters. The summed E-state index contributed by atoms with van der Waals surface area (Å²) in [4.78, 5) is 0. The van der Waals surface area contributed by atoms with Gasteiger partial charge in [-0.05, 0) is 53.6 Å². The molecule has 0 amide bonds. The minimum atomic E-state index is -0.741. The van der Waals surface area contributed by atoms with E-state index in [0.29, 0.717) is 5.76 Å². The van der Waals surface area contributed by atoms with Crippen LogP contribution in [0.15, 0.2) is 52.9 Å². The minimum absolute atomic E-state index is 0.565. The smallest absolute Gasteiger partial charge is 0.137 e. The van der Waals surface area contributed by atoms with Crippen LogP contribution in [0.4, 0.5) is 0 Å². The van der Waals surface area contributed by atoms with Crippen molar-refractivity contribution in [2.24, 2.45) is 0 Å². The van der Waals surface area contributed by atoms with E-state index in [1.54, 1.807) is 13.2 Å². The van der Waals surface area contributed by atoms with Crippen LogP contribution in [0.3, 0.4) is 0 Å². The van der Waals surface area contributed by atoms with Crippen LogP contribution in [0.1, 0.15) is 23.2 Å². The zero-order valence-corrected chi connectivity index (χ0v) is 11.5. The predicted octanol–water partition coefficient (Wildman–Crippen LogP) is 3.83. The molecule has 0 aliphatic carbocycles. The van der Waals surface area contributed by atoms with Crippen molar-refractivity contribution in [2.75, 3.05) is 7.11 Å². The number of ether oxygens (including phenoxy) is 1. The van der Waals surface area contributed by atoms with Crippen molar-refractivity contribution in [3.05, 3.63) is 65.6 Å². The molecule has 0 saturated carbocycles. The summed E-state index contributed by atoms with van der Waals surface area (Å²) in [5, 5.41) is 12.5. The van der Waals surface area contributed by atoms with E-state index in [1.165, 1.54) is 0 Å². The molecule has 0 fully saturated rings. The first-order chi connectivity index (χ1) is 9.67. The maximum Gasteiger partial charge on any atom is 0.137 e. The number of methoxy groups -OCH3 is 1. The van der Waals surface area contributed by atoms with E-state index in [9.17, 15) is 5.11 Å². The Morgan fingerprint density at radius 3 is 2.45 bits per heavy atom. The van der Waals surface area contributed by atoms with E-state index in [4.69, 9.17) is 9.15 Å². The van der Waals surface area contributed by atoms with Crippen LogP contribution < -0.4 is 4.74 Å². The molecule has 0 aliphatic rings. The Balaban J connectivity index is 2.00. The first kappa shape index (κ1) is 12.8. The summed E-state index contributed by atoms with van der Waals surface area (Å²) in [6, 6.07) is 15.4. The fourth-order valence-corrected chi connectivity index (χ4v) is 2.30. The minimum Gasteiger partial charge on any atom is -0.497 e. The molecule has 3 heteroatoms. The molecule has 0 spiro atoms. The first-order valence-electron chi connectivity index (χ1n) is 6.49. The van der Waals surface area contributed by atoms with Gasteiger partial charge < -0.3 is 14.3 Å². The fourth-order valence-electron chi connectivity index (χ4n) is 2.30. The summed E-state index contributed by atoms with van der Waals surface area (Å²) in [5.74, 6) is 2.19. The van der Waals surface area contributed by atoms with Crippen molar-refractivity contribution in [1.82, 2.24) is 0 Å². The van der Waals surface area contributed by atoms with Crippen LogP contribution >= 0.6 is 0 Å². The highest BCUT2D eigenvalue weighted by Gasteiger charge is 2.14. The predicted molar refractivity (Wildman–Crippen MR) is 78.0 cm³/mol. The molecule has 102 valence electrons. The molecule has 0 bridgehead atoms. The summed E-state index contributed by atoms with van der Waals surface area (Å²) < 4.78 is 10.7. The number of hydrogen-bond acceptors (Lipinski definition) is 3. The molecule has 1 atom stereocenters. The summed E-state index contributed by atoms with van der Waals surface area (Å²) in [7, 11) is 1.65. The van der Waals surface area contributed by atoms with Crippen molar-refractivity contribution in [3.63, 3.8) is 0 Å². The van der Waals surface area contributed by atoms with E-state index in [-0.39, 0.29) is 0 Å². The van der Waals surface area contributed by atoms with Crippen molar-refractivity contribution >= 4 is 10.8 Å². The van der Waals surface area contributed by atoms with Gasteiger partial charge in [-0.15, -0.1) is 0 Å². The van der Waals surface area contributed by atoms with Gasteiger partial charge in [0.25, 0.3) is 0 Å². The third kappa shape index (κ3) is 2.28. The van der Waals surface area contributed by atoms with Gasteiger partial charge in [-0.3, -0.25) is 0 Å². The molecule has 3 nitrogen and oxygen atoms in total. The molecule has 1 heterocycles. The number of benzene rings is 2. The van der Waals surface area contributed by atoms with Crippen LogP contribution in [0.5, 0.6) is 5.75 Å². The van der Waals surface area contributed by atoms with Crippen LogP contribution in [0.2, 0.25) is 0 Å². The molecular formula is C17H16O3. The third-order valence-corrected chi connectivity index (χ3v) is 3.42. The Morgan fingerprint density at radius 1 is 1.00 bits per heavy atom. The van der Waals surface area contributed by atoms with Gasteiger partial charge >= 0.3 is 0 Å². The van der Waals surface area contributed by atoms with E-state index >= 15 is 0 Å². The second-order valence-corrected chi connectivity index (χ2v) is 4.82. The lowest BCUT2D eigenvalue weighted by Gasteiger charge is -2.10. The second-order valence-electron chi connectivity index (χ2n) is 4.82.